The molecule has 98 valence electrons. The van der Waals surface area contributed by atoms with E-state index in [0.717, 1.165) is 24.3 Å². The Morgan fingerprint density at radius 1 is 1.56 bits per heavy atom. The fourth-order valence-electron chi connectivity index (χ4n) is 2.06. The molecule has 2 rings (SSSR count). The molecule has 1 aromatic rings. The second kappa shape index (κ2) is 5.93. The molecule has 1 amide bonds. The Balaban J connectivity index is 1.89. The second-order valence-electron chi connectivity index (χ2n) is 4.62. The first-order chi connectivity index (χ1) is 8.63. The van der Waals surface area contributed by atoms with Crippen LogP contribution in [0.3, 0.4) is 0 Å². The van der Waals surface area contributed by atoms with Crippen LogP contribution in [-0.4, -0.2) is 36.7 Å². The summed E-state index contributed by atoms with van der Waals surface area (Å²) < 4.78 is 5.49. The lowest BCUT2D eigenvalue weighted by Gasteiger charge is -2.22. The molecule has 5 heteroatoms. The molecule has 1 atom stereocenters. The summed E-state index contributed by atoms with van der Waals surface area (Å²) in [5.74, 6) is 0.558. The van der Waals surface area contributed by atoms with Crippen molar-refractivity contribution in [3.63, 3.8) is 0 Å². The van der Waals surface area contributed by atoms with Gasteiger partial charge in [0, 0.05) is 18.8 Å². The topological polar surface area (TPSA) is 63.2 Å². The van der Waals surface area contributed by atoms with Crippen LogP contribution in [-0.2, 0) is 9.53 Å². The van der Waals surface area contributed by atoms with E-state index >= 15 is 0 Å². The average molecular weight is 249 g/mol. The van der Waals surface area contributed by atoms with E-state index in [4.69, 9.17) is 4.74 Å². The zero-order chi connectivity index (χ0) is 13.0. The van der Waals surface area contributed by atoms with Crippen LogP contribution in [0.4, 0.5) is 5.82 Å². The number of nitrogens with zero attached hydrogens (tertiary/aromatic N) is 1. The van der Waals surface area contributed by atoms with Crippen LogP contribution >= 0.6 is 0 Å². The number of hydrogen-bond donors (Lipinski definition) is 2. The van der Waals surface area contributed by atoms with Crippen LogP contribution in [0.15, 0.2) is 12.1 Å². The Kier molecular flexibility index (Phi) is 4.28. The van der Waals surface area contributed by atoms with Gasteiger partial charge in [0.25, 0.3) is 0 Å². The van der Waals surface area contributed by atoms with Gasteiger partial charge >= 0.3 is 0 Å². The number of anilines is 1. The van der Waals surface area contributed by atoms with Crippen LogP contribution < -0.4 is 10.6 Å². The third-order valence-electron chi connectivity index (χ3n) is 2.78. The first-order valence-corrected chi connectivity index (χ1v) is 6.21. The van der Waals surface area contributed by atoms with Crippen molar-refractivity contribution in [2.75, 3.05) is 25.0 Å². The minimum Gasteiger partial charge on any atom is -0.375 e. The molecular weight excluding hydrogens is 230 g/mol. The zero-order valence-corrected chi connectivity index (χ0v) is 10.8. The maximum absolute atomic E-state index is 11.8. The molecule has 1 aliphatic rings. The van der Waals surface area contributed by atoms with E-state index in [-0.39, 0.29) is 12.0 Å². The average Bonchev–Trinajstić information content (AvgIpc) is 2.28. The number of aromatic nitrogens is 1. The van der Waals surface area contributed by atoms with Gasteiger partial charge in [0.2, 0.25) is 5.91 Å². The number of nitrogens with one attached hydrogen (secondary N) is 2. The molecule has 18 heavy (non-hydrogen) atoms. The van der Waals surface area contributed by atoms with Gasteiger partial charge in [0.05, 0.1) is 19.1 Å². The van der Waals surface area contributed by atoms with Gasteiger partial charge in [-0.05, 0) is 31.5 Å². The minimum atomic E-state index is -0.0544. The lowest BCUT2D eigenvalue weighted by atomic mass is 10.2. The van der Waals surface area contributed by atoms with Gasteiger partial charge in [-0.25, -0.2) is 4.98 Å². The van der Waals surface area contributed by atoms with E-state index in [1.807, 2.05) is 26.0 Å². The quantitative estimate of drug-likeness (QED) is 0.839. The normalized spacial score (nSPS) is 19.6. The molecular formula is C13H19N3O2. The lowest BCUT2D eigenvalue weighted by Crippen LogP contribution is -2.40. The summed E-state index contributed by atoms with van der Waals surface area (Å²) in [6.07, 6.45) is 0.325. The second-order valence-corrected chi connectivity index (χ2v) is 4.62. The Morgan fingerprint density at radius 2 is 2.39 bits per heavy atom. The van der Waals surface area contributed by atoms with Gasteiger partial charge in [-0.1, -0.05) is 0 Å². The van der Waals surface area contributed by atoms with Crippen molar-refractivity contribution in [3.8, 4) is 0 Å². The number of rotatable bonds is 3. The van der Waals surface area contributed by atoms with Crippen molar-refractivity contribution in [2.45, 2.75) is 26.4 Å². The van der Waals surface area contributed by atoms with E-state index in [1.165, 1.54) is 0 Å². The standard InChI is InChI=1S/C13H19N3O2/c1-9-5-10(2)15-12(6-9)16-13(17)7-11-8-14-3-4-18-11/h5-6,11,14H,3-4,7-8H2,1-2H3,(H,15,16,17). The molecule has 0 aliphatic carbocycles. The molecule has 1 saturated heterocycles. The summed E-state index contributed by atoms with van der Waals surface area (Å²) in [6, 6.07) is 3.84. The van der Waals surface area contributed by atoms with Crippen molar-refractivity contribution in [1.82, 2.24) is 10.3 Å². The number of aryl methyl sites for hydroxylation is 2. The summed E-state index contributed by atoms with van der Waals surface area (Å²) in [6.45, 7) is 6.15. The number of hydrogen-bond acceptors (Lipinski definition) is 4. The number of amides is 1. The van der Waals surface area contributed by atoms with Crippen LogP contribution in [0.2, 0.25) is 0 Å². The summed E-state index contributed by atoms with van der Waals surface area (Å²) in [5, 5.41) is 6.01. The fourth-order valence-corrected chi connectivity index (χ4v) is 2.06. The summed E-state index contributed by atoms with van der Waals surface area (Å²) in [4.78, 5) is 16.1. The maximum atomic E-state index is 11.8. The first kappa shape index (κ1) is 13.0. The third-order valence-corrected chi connectivity index (χ3v) is 2.78. The molecule has 1 unspecified atom stereocenters. The van der Waals surface area contributed by atoms with Gasteiger partial charge in [-0.2, -0.15) is 0 Å². The third kappa shape index (κ3) is 3.78. The smallest absolute Gasteiger partial charge is 0.228 e. The van der Waals surface area contributed by atoms with E-state index in [0.29, 0.717) is 18.8 Å². The highest BCUT2D eigenvalue weighted by Gasteiger charge is 2.17. The van der Waals surface area contributed by atoms with Crippen molar-refractivity contribution < 1.29 is 9.53 Å². The van der Waals surface area contributed by atoms with Gasteiger partial charge in [-0.3, -0.25) is 4.79 Å². The largest absolute Gasteiger partial charge is 0.375 e. The van der Waals surface area contributed by atoms with Crippen LogP contribution in [0.1, 0.15) is 17.7 Å². The Labute approximate surface area is 107 Å². The number of carbonyl (C=O) groups excluding carboxylic acids is 1. The molecule has 0 radical (unpaired) electrons. The Hall–Kier alpha value is -1.46. The van der Waals surface area contributed by atoms with Crippen LogP contribution in [0, 0.1) is 13.8 Å². The number of morpholine rings is 1. The highest BCUT2D eigenvalue weighted by atomic mass is 16.5. The monoisotopic (exact) mass is 249 g/mol. The van der Waals surface area contributed by atoms with Crippen LogP contribution in [0.5, 0.6) is 0 Å². The number of ether oxygens (including phenoxy) is 1. The molecule has 0 spiro atoms. The molecule has 1 aliphatic heterocycles. The predicted molar refractivity (Wildman–Crippen MR) is 69.6 cm³/mol. The van der Waals surface area contributed by atoms with Crippen molar-refractivity contribution >= 4 is 11.7 Å². The van der Waals surface area contributed by atoms with E-state index in [9.17, 15) is 4.79 Å². The molecule has 1 aromatic heterocycles. The first-order valence-electron chi connectivity index (χ1n) is 6.21. The van der Waals surface area contributed by atoms with Gasteiger partial charge in [-0.15, -0.1) is 0 Å². The Morgan fingerprint density at radius 3 is 3.06 bits per heavy atom. The summed E-state index contributed by atoms with van der Waals surface area (Å²) in [5.41, 5.74) is 1.99. The number of carbonyl (C=O) groups is 1. The molecule has 1 fully saturated rings. The van der Waals surface area contributed by atoms with Gasteiger partial charge in [0.15, 0.2) is 0 Å². The van der Waals surface area contributed by atoms with Gasteiger partial charge in [0.1, 0.15) is 5.82 Å². The van der Waals surface area contributed by atoms with Crippen molar-refractivity contribution in [1.29, 1.82) is 0 Å². The Bertz CT molecular complexity index is 408. The summed E-state index contributed by atoms with van der Waals surface area (Å²) >= 11 is 0. The molecule has 0 saturated carbocycles. The highest BCUT2D eigenvalue weighted by Crippen LogP contribution is 2.10. The van der Waals surface area contributed by atoms with E-state index in [1.54, 1.807) is 0 Å². The molecule has 0 aromatic carbocycles. The van der Waals surface area contributed by atoms with Crippen molar-refractivity contribution in [3.05, 3.63) is 23.4 Å². The van der Waals surface area contributed by atoms with E-state index in [2.05, 4.69) is 15.6 Å². The van der Waals surface area contributed by atoms with Crippen LogP contribution in [0.25, 0.3) is 0 Å². The summed E-state index contributed by atoms with van der Waals surface area (Å²) in [7, 11) is 0. The SMILES string of the molecule is Cc1cc(C)nc(NC(=O)CC2CNCCO2)c1. The zero-order valence-electron chi connectivity index (χ0n) is 10.8. The minimum absolute atomic E-state index is 0.0374. The maximum Gasteiger partial charge on any atom is 0.228 e. The van der Waals surface area contributed by atoms with Crippen molar-refractivity contribution in [2.24, 2.45) is 0 Å². The molecule has 2 N–H and O–H groups in total. The molecule has 0 bridgehead atoms. The highest BCUT2D eigenvalue weighted by molar-refractivity contribution is 5.90. The lowest BCUT2D eigenvalue weighted by molar-refractivity contribution is -0.119. The molecule has 5 nitrogen and oxygen atoms in total. The van der Waals surface area contributed by atoms with Gasteiger partial charge < -0.3 is 15.4 Å². The van der Waals surface area contributed by atoms with E-state index < -0.39 is 0 Å². The fraction of sp³-hybridized carbons (Fsp3) is 0.538. The molecule has 2 heterocycles. The predicted octanol–water partition coefficient (Wildman–Crippen LogP) is 1.02. The number of pyridine rings is 1.